The van der Waals surface area contributed by atoms with E-state index >= 15 is 4.39 Å². The van der Waals surface area contributed by atoms with E-state index < -0.39 is 17.8 Å². The number of amides is 2. The maximum absolute atomic E-state index is 15.1. The number of hydrogen-bond acceptors (Lipinski definition) is 4. The normalized spacial score (nSPS) is 20.6. The van der Waals surface area contributed by atoms with Gasteiger partial charge in [-0.2, -0.15) is 0 Å². The molecule has 2 aliphatic heterocycles. The lowest BCUT2D eigenvalue weighted by atomic mass is 9.83. The maximum atomic E-state index is 15.1. The number of piperidine rings is 1. The van der Waals surface area contributed by atoms with Gasteiger partial charge in [0.2, 0.25) is 5.91 Å². The van der Waals surface area contributed by atoms with Crippen molar-refractivity contribution in [3.8, 4) is 0 Å². The minimum Gasteiger partial charge on any atom is -0.382 e. The van der Waals surface area contributed by atoms with E-state index in [4.69, 9.17) is 0 Å². The Labute approximate surface area is 261 Å². The maximum Gasteiger partial charge on any atom is 0.257 e. The summed E-state index contributed by atoms with van der Waals surface area (Å²) in [4.78, 5) is 32.3. The van der Waals surface area contributed by atoms with Crippen molar-refractivity contribution in [3.05, 3.63) is 88.7 Å². The minimum absolute atomic E-state index is 0.0866. The summed E-state index contributed by atoms with van der Waals surface area (Å²) in [6, 6.07) is 19.1. The molecule has 0 aromatic heterocycles. The molecule has 6 nitrogen and oxygen atoms in total. The van der Waals surface area contributed by atoms with Crippen LogP contribution in [-0.2, 0) is 11.2 Å². The largest absolute Gasteiger partial charge is 0.382 e. The molecule has 44 heavy (non-hydrogen) atoms. The van der Waals surface area contributed by atoms with Crippen molar-refractivity contribution in [3.63, 3.8) is 0 Å². The van der Waals surface area contributed by atoms with Gasteiger partial charge in [0.15, 0.2) is 0 Å². The molecular weight excluding hydrogens is 551 g/mol. The van der Waals surface area contributed by atoms with Crippen molar-refractivity contribution >= 4 is 28.9 Å². The van der Waals surface area contributed by atoms with E-state index in [2.05, 4.69) is 46.7 Å². The van der Waals surface area contributed by atoms with Crippen LogP contribution in [0, 0.1) is 18.7 Å². The van der Waals surface area contributed by atoms with Crippen LogP contribution in [0.1, 0.15) is 91.4 Å². The second kappa shape index (κ2) is 13.4. The Balaban J connectivity index is 1.31. The lowest BCUT2D eigenvalue weighted by Crippen LogP contribution is -2.46. The third-order valence-corrected chi connectivity index (χ3v) is 9.82. The summed E-state index contributed by atoms with van der Waals surface area (Å²) in [6.45, 7) is 6.46. The van der Waals surface area contributed by atoms with Crippen LogP contribution in [0.2, 0.25) is 0 Å². The van der Waals surface area contributed by atoms with Gasteiger partial charge in [0.25, 0.3) is 5.91 Å². The van der Waals surface area contributed by atoms with Crippen molar-refractivity contribution in [2.24, 2.45) is 5.92 Å². The van der Waals surface area contributed by atoms with Gasteiger partial charge in [-0.1, -0.05) is 50.1 Å². The van der Waals surface area contributed by atoms with Gasteiger partial charge < -0.3 is 20.4 Å². The summed E-state index contributed by atoms with van der Waals surface area (Å²) in [6.07, 6.45) is 9.47. The number of carbonyl (C=O) groups excluding carboxylic acids is 2. The Morgan fingerprint density at radius 1 is 0.864 bits per heavy atom. The smallest absolute Gasteiger partial charge is 0.257 e. The van der Waals surface area contributed by atoms with E-state index in [0.717, 1.165) is 36.4 Å². The Morgan fingerprint density at radius 3 is 2.30 bits per heavy atom. The molecule has 232 valence electrons. The lowest BCUT2D eigenvalue weighted by molar-refractivity contribution is -0.123. The summed E-state index contributed by atoms with van der Waals surface area (Å²) in [5.41, 5.74) is 5.88. The van der Waals surface area contributed by atoms with Crippen LogP contribution in [0.5, 0.6) is 0 Å². The molecular formula is C37H45FN4O2. The quantitative estimate of drug-likeness (QED) is 0.278. The average Bonchev–Trinajstić information content (AvgIpc) is 3.76. The highest BCUT2D eigenvalue weighted by Gasteiger charge is 2.40. The first-order valence-electron chi connectivity index (χ1n) is 16.5. The summed E-state index contributed by atoms with van der Waals surface area (Å²) in [7, 11) is 0. The molecule has 7 heteroatoms. The molecule has 3 fully saturated rings. The molecule has 2 saturated heterocycles. The number of carbonyl (C=O) groups is 2. The van der Waals surface area contributed by atoms with Crippen LogP contribution in [0.3, 0.4) is 0 Å². The molecule has 3 aromatic rings. The van der Waals surface area contributed by atoms with Crippen molar-refractivity contribution in [2.75, 3.05) is 35.2 Å². The van der Waals surface area contributed by atoms with E-state index in [1.54, 1.807) is 24.0 Å². The molecule has 1 aliphatic carbocycles. The van der Waals surface area contributed by atoms with E-state index in [-0.39, 0.29) is 17.4 Å². The molecule has 1 saturated carbocycles. The fourth-order valence-corrected chi connectivity index (χ4v) is 7.47. The van der Waals surface area contributed by atoms with Crippen molar-refractivity contribution in [1.82, 2.24) is 4.90 Å². The zero-order valence-corrected chi connectivity index (χ0v) is 26.1. The number of nitrogens with one attached hydrogen (secondary N) is 2. The first-order valence-corrected chi connectivity index (χ1v) is 16.5. The highest BCUT2D eigenvalue weighted by Crippen LogP contribution is 2.39. The second-order valence-corrected chi connectivity index (χ2v) is 12.8. The molecule has 1 unspecified atom stereocenters. The van der Waals surface area contributed by atoms with Crippen molar-refractivity contribution < 1.29 is 14.0 Å². The van der Waals surface area contributed by atoms with Crippen LogP contribution in [0.15, 0.2) is 60.7 Å². The SMILES string of the molecule is CCc1ccc(NC(=O)C2CCCN(C(=O)c3c(C)cccc3F)[C@H]2c2ccc(NC3CCCC3)cc2)cc1N1CCCC1. The van der Waals surface area contributed by atoms with Crippen LogP contribution in [0.4, 0.5) is 21.5 Å². The van der Waals surface area contributed by atoms with Gasteiger partial charge in [0, 0.05) is 42.7 Å². The molecule has 6 rings (SSSR count). The van der Waals surface area contributed by atoms with Gasteiger partial charge in [-0.25, -0.2) is 4.39 Å². The number of halogens is 1. The van der Waals surface area contributed by atoms with Crippen LogP contribution >= 0.6 is 0 Å². The number of aryl methyl sites for hydroxylation is 2. The standard InChI is InChI=1S/C37H45FN4O2/c1-3-26-15-20-30(24-33(26)41-21-6-7-22-41)40-36(43)31-13-9-23-42(37(44)34-25(2)10-8-14-32(34)38)35(31)27-16-18-29(19-17-27)39-28-11-4-5-12-28/h8,10,14-20,24,28,31,35,39H,3-7,9,11-13,21-23H2,1-2H3,(H,40,43)/t31?,35-/m0/s1. The summed E-state index contributed by atoms with van der Waals surface area (Å²) in [5.74, 6) is -1.47. The van der Waals surface area contributed by atoms with Gasteiger partial charge in [-0.3, -0.25) is 9.59 Å². The zero-order chi connectivity index (χ0) is 30.6. The molecule has 3 aromatic carbocycles. The fourth-order valence-electron chi connectivity index (χ4n) is 7.47. The van der Waals surface area contributed by atoms with Gasteiger partial charge in [0.05, 0.1) is 17.5 Å². The van der Waals surface area contributed by atoms with Gasteiger partial charge in [0.1, 0.15) is 5.82 Å². The van der Waals surface area contributed by atoms with E-state index in [0.29, 0.717) is 31.0 Å². The molecule has 2 heterocycles. The Morgan fingerprint density at radius 2 is 1.59 bits per heavy atom. The predicted octanol–water partition coefficient (Wildman–Crippen LogP) is 7.88. The molecule has 2 amide bonds. The van der Waals surface area contributed by atoms with Crippen LogP contribution in [0.25, 0.3) is 0 Å². The zero-order valence-electron chi connectivity index (χ0n) is 26.1. The third kappa shape index (κ3) is 6.33. The number of anilines is 3. The highest BCUT2D eigenvalue weighted by molar-refractivity contribution is 5.98. The fraction of sp³-hybridized carbons (Fsp3) is 0.459. The molecule has 3 aliphatic rings. The molecule has 0 spiro atoms. The Kier molecular flexibility index (Phi) is 9.20. The monoisotopic (exact) mass is 596 g/mol. The van der Waals surface area contributed by atoms with E-state index in [1.165, 1.54) is 55.8 Å². The summed E-state index contributed by atoms with van der Waals surface area (Å²) >= 11 is 0. The van der Waals surface area contributed by atoms with E-state index in [9.17, 15) is 9.59 Å². The van der Waals surface area contributed by atoms with Crippen LogP contribution in [-0.4, -0.2) is 42.4 Å². The first-order chi connectivity index (χ1) is 21.4. The number of hydrogen-bond donors (Lipinski definition) is 2. The number of rotatable bonds is 8. The second-order valence-electron chi connectivity index (χ2n) is 12.8. The summed E-state index contributed by atoms with van der Waals surface area (Å²) < 4.78 is 15.1. The van der Waals surface area contributed by atoms with Gasteiger partial charge in [-0.05, 0) is 98.9 Å². The predicted molar refractivity (Wildman–Crippen MR) is 176 cm³/mol. The highest BCUT2D eigenvalue weighted by atomic mass is 19.1. The number of likely N-dealkylation sites (tertiary alicyclic amines) is 1. The lowest BCUT2D eigenvalue weighted by Gasteiger charge is -2.41. The average molecular weight is 597 g/mol. The van der Waals surface area contributed by atoms with E-state index in [1.807, 2.05) is 18.2 Å². The summed E-state index contributed by atoms with van der Waals surface area (Å²) in [5, 5.41) is 6.85. The van der Waals surface area contributed by atoms with Crippen molar-refractivity contribution in [2.45, 2.75) is 83.7 Å². The Bertz CT molecular complexity index is 1460. The van der Waals surface area contributed by atoms with Gasteiger partial charge >= 0.3 is 0 Å². The number of nitrogens with zero attached hydrogens (tertiary/aromatic N) is 2. The van der Waals surface area contributed by atoms with Crippen LogP contribution < -0.4 is 15.5 Å². The number of benzene rings is 3. The third-order valence-electron chi connectivity index (χ3n) is 9.82. The minimum atomic E-state index is -0.526. The van der Waals surface area contributed by atoms with Crippen molar-refractivity contribution in [1.29, 1.82) is 0 Å². The molecule has 0 bridgehead atoms. The molecule has 2 N–H and O–H groups in total. The molecule has 0 radical (unpaired) electrons. The first kappa shape index (κ1) is 30.2. The molecule has 2 atom stereocenters. The topological polar surface area (TPSA) is 64.7 Å². The van der Waals surface area contributed by atoms with Gasteiger partial charge in [-0.15, -0.1) is 0 Å². The Hall–Kier alpha value is -3.87.